The van der Waals surface area contributed by atoms with Gasteiger partial charge in [0.15, 0.2) is 0 Å². The number of aliphatic hydroxyl groups excluding tert-OH is 1. The zero-order chi connectivity index (χ0) is 9.26. The molecule has 2 aromatic rings. The number of thiazole rings is 1. The van der Waals surface area contributed by atoms with Gasteiger partial charge >= 0.3 is 0 Å². The van der Waals surface area contributed by atoms with Gasteiger partial charge in [-0.3, -0.25) is 0 Å². The van der Waals surface area contributed by atoms with E-state index in [1.54, 1.807) is 0 Å². The Morgan fingerprint density at radius 1 is 1.54 bits per heavy atom. The van der Waals surface area contributed by atoms with Crippen LogP contribution in [0.25, 0.3) is 9.88 Å². The Hall–Kier alpha value is -0.850. The monoisotopic (exact) mass is 213 g/mol. The zero-order valence-corrected chi connectivity index (χ0v) is 8.52. The van der Waals surface area contributed by atoms with E-state index in [-0.39, 0.29) is 6.61 Å². The minimum Gasteiger partial charge on any atom is -0.390 e. The van der Waals surface area contributed by atoms with Crippen LogP contribution in [0.2, 0.25) is 0 Å². The van der Waals surface area contributed by atoms with E-state index in [4.69, 9.17) is 5.11 Å². The van der Waals surface area contributed by atoms with Crippen LogP contribution >= 0.6 is 22.9 Å². The Kier molecular flexibility index (Phi) is 2.34. The molecule has 68 valence electrons. The molecule has 0 aliphatic rings. The number of hydrogen-bond acceptors (Lipinski definition) is 6. The first-order valence-corrected chi connectivity index (χ1v) is 5.31. The predicted octanol–water partition coefficient (Wildman–Crippen LogP) is 1.46. The summed E-state index contributed by atoms with van der Waals surface area (Å²) in [7, 11) is 0. The second-order valence-corrected chi connectivity index (χ2v) is 4.10. The summed E-state index contributed by atoms with van der Waals surface area (Å²) in [6, 6.07) is 0. The van der Waals surface area contributed by atoms with Crippen molar-refractivity contribution in [3.8, 4) is 9.88 Å². The number of nitrogens with zero attached hydrogens (tertiary/aromatic N) is 3. The average Bonchev–Trinajstić information content (AvgIpc) is 2.71. The maximum Gasteiger partial charge on any atom is 0.137 e. The second-order valence-electron chi connectivity index (χ2n) is 2.49. The first-order chi connectivity index (χ1) is 6.31. The minimum atomic E-state index is -0.0121. The van der Waals surface area contributed by atoms with Gasteiger partial charge in [-0.25, -0.2) is 4.98 Å². The smallest absolute Gasteiger partial charge is 0.137 e. The summed E-state index contributed by atoms with van der Waals surface area (Å²) in [6.07, 6.45) is 0. The number of aromatic nitrogens is 3. The van der Waals surface area contributed by atoms with Crippen LogP contribution in [0.1, 0.15) is 11.4 Å². The largest absolute Gasteiger partial charge is 0.390 e. The Bertz CT molecular complexity index is 409. The number of rotatable bonds is 2. The van der Waals surface area contributed by atoms with Crippen molar-refractivity contribution in [1.82, 2.24) is 14.6 Å². The molecular formula is C7H7N3OS2. The molecule has 2 heterocycles. The van der Waals surface area contributed by atoms with Crippen molar-refractivity contribution >= 4 is 22.9 Å². The highest BCUT2D eigenvalue weighted by molar-refractivity contribution is 7.18. The van der Waals surface area contributed by atoms with Crippen molar-refractivity contribution < 1.29 is 5.11 Å². The fourth-order valence-electron chi connectivity index (χ4n) is 0.912. The molecule has 2 aromatic heterocycles. The van der Waals surface area contributed by atoms with Gasteiger partial charge in [0.05, 0.1) is 18.0 Å². The van der Waals surface area contributed by atoms with Crippen LogP contribution in [0.5, 0.6) is 0 Å². The third-order valence-electron chi connectivity index (χ3n) is 1.56. The van der Waals surface area contributed by atoms with E-state index in [1.165, 1.54) is 22.9 Å². The molecule has 0 aliphatic carbocycles. The van der Waals surface area contributed by atoms with Crippen LogP contribution in [-0.2, 0) is 6.61 Å². The molecule has 6 heteroatoms. The van der Waals surface area contributed by atoms with Gasteiger partial charge in [0, 0.05) is 5.38 Å². The Labute approximate surface area is 83.1 Å². The van der Waals surface area contributed by atoms with E-state index in [0.29, 0.717) is 5.69 Å². The van der Waals surface area contributed by atoms with Crippen LogP contribution < -0.4 is 0 Å². The highest BCUT2D eigenvalue weighted by Crippen LogP contribution is 2.28. The first-order valence-electron chi connectivity index (χ1n) is 3.66. The Balaban J connectivity index is 2.41. The molecule has 4 nitrogen and oxygen atoms in total. The molecule has 0 bridgehead atoms. The molecule has 0 amide bonds. The molecule has 0 unspecified atom stereocenters. The van der Waals surface area contributed by atoms with E-state index < -0.39 is 0 Å². The molecule has 0 fully saturated rings. The second kappa shape index (κ2) is 3.49. The summed E-state index contributed by atoms with van der Waals surface area (Å²) in [5.41, 5.74) is 1.59. The van der Waals surface area contributed by atoms with Crippen LogP contribution in [0.3, 0.4) is 0 Å². The molecule has 13 heavy (non-hydrogen) atoms. The summed E-state index contributed by atoms with van der Waals surface area (Å²) in [5, 5.41) is 15.5. The molecule has 0 aromatic carbocycles. The average molecular weight is 213 g/mol. The maximum atomic E-state index is 8.83. The maximum absolute atomic E-state index is 8.83. The fourth-order valence-corrected chi connectivity index (χ4v) is 2.51. The van der Waals surface area contributed by atoms with Gasteiger partial charge in [-0.1, -0.05) is 4.49 Å². The van der Waals surface area contributed by atoms with Crippen LogP contribution in [0.4, 0.5) is 0 Å². The molecule has 1 N–H and O–H groups in total. The topological polar surface area (TPSA) is 58.9 Å². The van der Waals surface area contributed by atoms with Crippen molar-refractivity contribution in [2.45, 2.75) is 13.5 Å². The van der Waals surface area contributed by atoms with Crippen molar-refractivity contribution in [2.75, 3.05) is 0 Å². The number of aliphatic hydroxyl groups is 1. The Morgan fingerprint density at radius 3 is 2.92 bits per heavy atom. The van der Waals surface area contributed by atoms with E-state index in [9.17, 15) is 0 Å². The third kappa shape index (κ3) is 1.60. The number of aryl methyl sites for hydroxylation is 1. The zero-order valence-electron chi connectivity index (χ0n) is 6.89. The lowest BCUT2D eigenvalue weighted by Gasteiger charge is -1.88. The van der Waals surface area contributed by atoms with E-state index in [2.05, 4.69) is 14.6 Å². The minimum absolute atomic E-state index is 0.0121. The lowest BCUT2D eigenvalue weighted by atomic mass is 10.4. The van der Waals surface area contributed by atoms with Gasteiger partial charge < -0.3 is 5.11 Å². The standard InChI is InChI=1S/C7H7N3OS2/c1-4-6(13-10-9-4)7-8-5(2-11)3-12-7/h3,11H,2H2,1H3. The first kappa shape index (κ1) is 8.74. The van der Waals surface area contributed by atoms with Crippen molar-refractivity contribution in [3.63, 3.8) is 0 Å². The molecule has 0 atom stereocenters. The summed E-state index contributed by atoms with van der Waals surface area (Å²) in [5.74, 6) is 0. The van der Waals surface area contributed by atoms with Gasteiger partial charge in [0.2, 0.25) is 0 Å². The summed E-state index contributed by atoms with van der Waals surface area (Å²) >= 11 is 2.84. The molecule has 0 saturated heterocycles. The SMILES string of the molecule is Cc1nnsc1-c1nc(CO)cs1. The lowest BCUT2D eigenvalue weighted by Crippen LogP contribution is -1.82. The molecule has 0 radical (unpaired) electrons. The normalized spacial score (nSPS) is 10.6. The number of hydrogen-bond donors (Lipinski definition) is 1. The van der Waals surface area contributed by atoms with E-state index in [1.807, 2.05) is 12.3 Å². The molecule has 2 rings (SSSR count). The highest BCUT2D eigenvalue weighted by atomic mass is 32.1. The van der Waals surface area contributed by atoms with E-state index >= 15 is 0 Å². The summed E-state index contributed by atoms with van der Waals surface area (Å²) < 4.78 is 3.83. The highest BCUT2D eigenvalue weighted by Gasteiger charge is 2.10. The molecule has 0 saturated carbocycles. The molecule has 0 spiro atoms. The van der Waals surface area contributed by atoms with E-state index in [0.717, 1.165) is 15.6 Å². The fraction of sp³-hybridized carbons (Fsp3) is 0.286. The van der Waals surface area contributed by atoms with Gasteiger partial charge in [-0.05, 0) is 18.5 Å². The third-order valence-corrected chi connectivity index (χ3v) is 3.43. The van der Waals surface area contributed by atoms with Gasteiger partial charge in [-0.15, -0.1) is 16.4 Å². The van der Waals surface area contributed by atoms with Crippen LogP contribution in [0, 0.1) is 6.92 Å². The quantitative estimate of drug-likeness (QED) is 0.820. The van der Waals surface area contributed by atoms with Crippen molar-refractivity contribution in [3.05, 3.63) is 16.8 Å². The lowest BCUT2D eigenvalue weighted by molar-refractivity contribution is 0.278. The van der Waals surface area contributed by atoms with Gasteiger partial charge in [0.1, 0.15) is 9.88 Å². The van der Waals surface area contributed by atoms with Crippen LogP contribution in [-0.4, -0.2) is 19.7 Å². The predicted molar refractivity (Wildman–Crippen MR) is 51.7 cm³/mol. The van der Waals surface area contributed by atoms with Crippen molar-refractivity contribution in [1.29, 1.82) is 0 Å². The molecular weight excluding hydrogens is 206 g/mol. The van der Waals surface area contributed by atoms with Crippen LogP contribution in [0.15, 0.2) is 5.38 Å². The van der Waals surface area contributed by atoms with Gasteiger partial charge in [-0.2, -0.15) is 0 Å². The summed E-state index contributed by atoms with van der Waals surface area (Å²) in [4.78, 5) is 5.22. The Morgan fingerprint density at radius 2 is 2.38 bits per heavy atom. The molecule has 0 aliphatic heterocycles. The van der Waals surface area contributed by atoms with Gasteiger partial charge in [0.25, 0.3) is 0 Å². The summed E-state index contributed by atoms with van der Waals surface area (Å²) in [6.45, 7) is 1.89. The van der Waals surface area contributed by atoms with Crippen molar-refractivity contribution in [2.24, 2.45) is 0 Å².